The third-order valence-corrected chi connectivity index (χ3v) is 2.97. The minimum absolute atomic E-state index is 0.347. The van der Waals surface area contributed by atoms with Crippen LogP contribution >= 0.6 is 12.2 Å². The fraction of sp³-hybridized carbons (Fsp3) is 0.533. The molecule has 0 bridgehead atoms. The minimum Gasteiger partial charge on any atom is -0.493 e. The van der Waals surface area contributed by atoms with Crippen LogP contribution in [-0.4, -0.2) is 47.3 Å². The van der Waals surface area contributed by atoms with E-state index < -0.39 is 5.60 Å². The number of nitrogens with two attached hydrogens (primary N) is 1. The van der Waals surface area contributed by atoms with Crippen LogP contribution in [0.2, 0.25) is 0 Å². The molecule has 0 spiro atoms. The van der Waals surface area contributed by atoms with E-state index in [2.05, 4.69) is 4.90 Å². The van der Waals surface area contributed by atoms with Crippen molar-refractivity contribution in [2.75, 3.05) is 26.7 Å². The SMILES string of the molecule is CN(CCCOc1ccccc1C(N)=S)CC(C)(C)O. The first-order chi connectivity index (χ1) is 9.29. The summed E-state index contributed by atoms with van der Waals surface area (Å²) in [5, 5.41) is 9.72. The Bertz CT molecular complexity index is 444. The molecule has 20 heavy (non-hydrogen) atoms. The van der Waals surface area contributed by atoms with Gasteiger partial charge < -0.3 is 20.5 Å². The Morgan fingerprint density at radius 1 is 1.40 bits per heavy atom. The molecule has 0 saturated carbocycles. The Hall–Kier alpha value is -1.17. The molecule has 0 aliphatic rings. The number of hydrogen-bond acceptors (Lipinski definition) is 4. The van der Waals surface area contributed by atoms with E-state index in [1.54, 1.807) is 13.8 Å². The molecule has 0 fully saturated rings. The second kappa shape index (κ2) is 7.57. The molecule has 0 aliphatic carbocycles. The molecule has 0 atom stereocenters. The lowest BCUT2D eigenvalue weighted by molar-refractivity contribution is 0.0433. The van der Waals surface area contributed by atoms with Crippen molar-refractivity contribution in [3.05, 3.63) is 29.8 Å². The first kappa shape index (κ1) is 16.9. The number of nitrogens with zero attached hydrogens (tertiary/aromatic N) is 1. The highest BCUT2D eigenvalue weighted by atomic mass is 32.1. The van der Waals surface area contributed by atoms with Crippen LogP contribution in [0.4, 0.5) is 0 Å². The lowest BCUT2D eigenvalue weighted by atomic mass is 10.1. The molecule has 0 aromatic heterocycles. The smallest absolute Gasteiger partial charge is 0.129 e. The van der Waals surface area contributed by atoms with Crippen LogP contribution in [0.3, 0.4) is 0 Å². The van der Waals surface area contributed by atoms with Crippen LogP contribution in [-0.2, 0) is 0 Å². The van der Waals surface area contributed by atoms with Crippen molar-refractivity contribution in [1.29, 1.82) is 0 Å². The van der Waals surface area contributed by atoms with Gasteiger partial charge in [-0.2, -0.15) is 0 Å². The average molecular weight is 296 g/mol. The molecule has 112 valence electrons. The summed E-state index contributed by atoms with van der Waals surface area (Å²) in [6.45, 7) is 5.70. The van der Waals surface area contributed by atoms with Gasteiger partial charge in [0, 0.05) is 13.1 Å². The predicted octanol–water partition coefficient (Wildman–Crippen LogP) is 1.79. The van der Waals surface area contributed by atoms with Gasteiger partial charge in [0.1, 0.15) is 10.7 Å². The van der Waals surface area contributed by atoms with Gasteiger partial charge in [0.2, 0.25) is 0 Å². The highest BCUT2D eigenvalue weighted by molar-refractivity contribution is 7.80. The molecule has 3 N–H and O–H groups in total. The Labute approximate surface area is 126 Å². The first-order valence-corrected chi connectivity index (χ1v) is 7.13. The van der Waals surface area contributed by atoms with Crippen molar-refractivity contribution in [3.63, 3.8) is 0 Å². The average Bonchev–Trinajstić information content (AvgIpc) is 2.33. The second-order valence-electron chi connectivity index (χ2n) is 5.61. The monoisotopic (exact) mass is 296 g/mol. The van der Waals surface area contributed by atoms with Crippen molar-refractivity contribution < 1.29 is 9.84 Å². The normalized spacial score (nSPS) is 11.7. The number of benzene rings is 1. The summed E-state index contributed by atoms with van der Waals surface area (Å²) >= 11 is 4.99. The van der Waals surface area contributed by atoms with E-state index >= 15 is 0 Å². The Kier molecular flexibility index (Phi) is 6.39. The molecule has 0 amide bonds. The second-order valence-corrected chi connectivity index (χ2v) is 6.05. The lowest BCUT2D eigenvalue weighted by Gasteiger charge is -2.25. The van der Waals surface area contributed by atoms with Gasteiger partial charge in [0.15, 0.2) is 0 Å². The number of aliphatic hydroxyl groups is 1. The molecule has 1 rings (SSSR count). The maximum absolute atomic E-state index is 9.72. The maximum atomic E-state index is 9.72. The lowest BCUT2D eigenvalue weighted by Crippen LogP contribution is -2.37. The molecular formula is C15H24N2O2S. The fourth-order valence-electron chi connectivity index (χ4n) is 2.05. The van der Waals surface area contributed by atoms with Crippen LogP contribution in [0.15, 0.2) is 24.3 Å². The predicted molar refractivity (Wildman–Crippen MR) is 86.2 cm³/mol. The van der Waals surface area contributed by atoms with Gasteiger partial charge in [-0.15, -0.1) is 0 Å². The zero-order chi connectivity index (χ0) is 15.2. The summed E-state index contributed by atoms with van der Waals surface area (Å²) in [6, 6.07) is 7.52. The van der Waals surface area contributed by atoms with Crippen molar-refractivity contribution in [3.8, 4) is 5.75 Å². The molecule has 1 aromatic rings. The van der Waals surface area contributed by atoms with Crippen LogP contribution < -0.4 is 10.5 Å². The zero-order valence-corrected chi connectivity index (χ0v) is 13.2. The van der Waals surface area contributed by atoms with Gasteiger partial charge in [-0.1, -0.05) is 24.4 Å². The molecule has 5 heteroatoms. The van der Waals surface area contributed by atoms with E-state index in [4.69, 9.17) is 22.7 Å². The van der Waals surface area contributed by atoms with E-state index in [1.165, 1.54) is 0 Å². The van der Waals surface area contributed by atoms with E-state index in [9.17, 15) is 5.11 Å². The highest BCUT2D eigenvalue weighted by Crippen LogP contribution is 2.17. The van der Waals surface area contributed by atoms with Crippen LogP contribution in [0.5, 0.6) is 5.75 Å². The Morgan fingerprint density at radius 2 is 2.05 bits per heavy atom. The van der Waals surface area contributed by atoms with Crippen LogP contribution in [0.1, 0.15) is 25.8 Å². The van der Waals surface area contributed by atoms with Crippen LogP contribution in [0.25, 0.3) is 0 Å². The van der Waals surface area contributed by atoms with Gasteiger partial charge in [0.25, 0.3) is 0 Å². The summed E-state index contributed by atoms with van der Waals surface area (Å²) in [7, 11) is 1.99. The summed E-state index contributed by atoms with van der Waals surface area (Å²) in [4.78, 5) is 2.43. The third kappa shape index (κ3) is 6.32. The minimum atomic E-state index is -0.673. The van der Waals surface area contributed by atoms with Crippen molar-refractivity contribution in [2.24, 2.45) is 5.73 Å². The summed E-state index contributed by atoms with van der Waals surface area (Å²) in [5.41, 5.74) is 5.75. The standard InChI is InChI=1S/C15H24N2O2S/c1-15(2,18)11-17(3)9-6-10-19-13-8-5-4-7-12(13)14(16)20/h4-5,7-8,18H,6,9-11H2,1-3H3,(H2,16,20). The van der Waals surface area contributed by atoms with Gasteiger partial charge in [-0.25, -0.2) is 0 Å². The van der Waals surface area contributed by atoms with Gasteiger partial charge in [-0.3, -0.25) is 0 Å². The van der Waals surface area contributed by atoms with E-state index in [-0.39, 0.29) is 0 Å². The van der Waals surface area contributed by atoms with Gasteiger partial charge in [0.05, 0.1) is 17.8 Å². The van der Waals surface area contributed by atoms with Gasteiger partial charge in [-0.05, 0) is 39.4 Å². The molecular weight excluding hydrogens is 272 g/mol. The van der Waals surface area contributed by atoms with E-state index in [0.29, 0.717) is 18.1 Å². The Balaban J connectivity index is 2.37. The third-order valence-electron chi connectivity index (χ3n) is 2.75. The molecule has 0 radical (unpaired) electrons. The van der Waals surface area contributed by atoms with Crippen molar-refractivity contribution >= 4 is 17.2 Å². The number of thiocarbonyl (C=S) groups is 1. The summed E-state index contributed by atoms with van der Waals surface area (Å²) in [5.74, 6) is 0.727. The first-order valence-electron chi connectivity index (χ1n) is 6.72. The summed E-state index contributed by atoms with van der Waals surface area (Å²) in [6.07, 6.45) is 0.873. The number of rotatable bonds is 8. The number of likely N-dealkylation sites (N-methyl/N-ethyl adjacent to an activating group) is 1. The largest absolute Gasteiger partial charge is 0.493 e. The number of hydrogen-bond donors (Lipinski definition) is 2. The van der Waals surface area contributed by atoms with Crippen molar-refractivity contribution in [2.45, 2.75) is 25.9 Å². The maximum Gasteiger partial charge on any atom is 0.129 e. The molecule has 0 aliphatic heterocycles. The number of ether oxygens (including phenoxy) is 1. The topological polar surface area (TPSA) is 58.7 Å². The molecule has 4 nitrogen and oxygen atoms in total. The highest BCUT2D eigenvalue weighted by Gasteiger charge is 2.15. The van der Waals surface area contributed by atoms with E-state index in [0.717, 1.165) is 24.3 Å². The summed E-state index contributed by atoms with van der Waals surface area (Å²) < 4.78 is 5.72. The fourth-order valence-corrected chi connectivity index (χ4v) is 2.22. The molecule has 0 heterocycles. The van der Waals surface area contributed by atoms with Gasteiger partial charge >= 0.3 is 0 Å². The Morgan fingerprint density at radius 3 is 2.65 bits per heavy atom. The molecule has 1 aromatic carbocycles. The zero-order valence-electron chi connectivity index (χ0n) is 12.4. The van der Waals surface area contributed by atoms with Crippen LogP contribution in [0, 0.1) is 0 Å². The quantitative estimate of drug-likeness (QED) is 0.566. The molecule has 0 saturated heterocycles. The number of para-hydroxylation sites is 1. The molecule has 0 unspecified atom stereocenters. The van der Waals surface area contributed by atoms with E-state index in [1.807, 2.05) is 31.3 Å². The van der Waals surface area contributed by atoms with Crippen molar-refractivity contribution in [1.82, 2.24) is 4.90 Å².